The van der Waals surface area contributed by atoms with Crippen molar-refractivity contribution in [2.24, 2.45) is 0 Å². The van der Waals surface area contributed by atoms with Crippen molar-refractivity contribution in [3.05, 3.63) is 23.2 Å². The topological polar surface area (TPSA) is 80.9 Å². The summed E-state index contributed by atoms with van der Waals surface area (Å²) in [6.45, 7) is 0. The monoisotopic (exact) mass is 200 g/mol. The van der Waals surface area contributed by atoms with Crippen LogP contribution >= 0.6 is 11.6 Å². The highest BCUT2D eigenvalue weighted by molar-refractivity contribution is 6.69. The van der Waals surface area contributed by atoms with Crippen molar-refractivity contribution in [2.75, 3.05) is 0 Å². The third kappa shape index (κ3) is 2.24. The van der Waals surface area contributed by atoms with Gasteiger partial charge in [0.1, 0.15) is 0 Å². The second kappa shape index (κ2) is 4.13. The van der Waals surface area contributed by atoms with Crippen molar-refractivity contribution >= 4 is 36.8 Å². The lowest BCUT2D eigenvalue weighted by Gasteiger charge is -2.07. The first-order chi connectivity index (χ1) is 6.04. The van der Waals surface area contributed by atoms with Gasteiger partial charge in [-0.2, -0.15) is 0 Å². The molecule has 1 rings (SSSR count). The molecule has 0 aliphatic rings. The minimum Gasteiger partial charge on any atom is -0.423 e. The summed E-state index contributed by atoms with van der Waals surface area (Å²) < 4.78 is 0. The molecular weight excluding hydrogens is 193 g/mol. The van der Waals surface area contributed by atoms with E-state index in [1.807, 2.05) is 0 Å². The first kappa shape index (κ1) is 10.6. The Morgan fingerprint density at radius 2 is 1.31 bits per heavy atom. The van der Waals surface area contributed by atoms with Crippen LogP contribution in [0.4, 0.5) is 0 Å². The molecule has 4 nitrogen and oxygen atoms in total. The fourth-order valence-electron chi connectivity index (χ4n) is 0.967. The zero-order valence-electron chi connectivity index (χ0n) is 6.55. The first-order valence-corrected chi connectivity index (χ1v) is 3.92. The maximum absolute atomic E-state index is 8.82. The smallest absolute Gasteiger partial charge is 0.423 e. The number of halogens is 1. The average Bonchev–Trinajstić information content (AvgIpc) is 2.03. The second-order valence-corrected chi connectivity index (χ2v) is 2.88. The standard InChI is InChI=1S/C6H7B2ClO4/c9-6-4(7(10)11)2-1-3-5(6)8(12)13/h1-3,10-13H. The Hall–Kier alpha value is -0.520. The van der Waals surface area contributed by atoms with Crippen LogP contribution in [0.25, 0.3) is 0 Å². The highest BCUT2D eigenvalue weighted by atomic mass is 35.5. The minimum absolute atomic E-state index is 0.0484. The van der Waals surface area contributed by atoms with Gasteiger partial charge in [0.25, 0.3) is 0 Å². The number of rotatable bonds is 2. The molecule has 0 aromatic heterocycles. The largest absolute Gasteiger partial charge is 0.489 e. The molecule has 0 spiro atoms. The van der Waals surface area contributed by atoms with E-state index in [9.17, 15) is 0 Å². The van der Waals surface area contributed by atoms with E-state index in [-0.39, 0.29) is 15.9 Å². The van der Waals surface area contributed by atoms with Crippen molar-refractivity contribution in [1.82, 2.24) is 0 Å². The Kier molecular flexibility index (Phi) is 3.35. The molecule has 0 aliphatic carbocycles. The van der Waals surface area contributed by atoms with Crippen molar-refractivity contribution in [3.63, 3.8) is 0 Å². The van der Waals surface area contributed by atoms with E-state index < -0.39 is 14.2 Å². The van der Waals surface area contributed by atoms with Crippen LogP contribution in [-0.4, -0.2) is 34.3 Å². The van der Waals surface area contributed by atoms with Crippen molar-refractivity contribution in [2.45, 2.75) is 0 Å². The summed E-state index contributed by atoms with van der Waals surface area (Å²) in [5.41, 5.74) is 0.0968. The van der Waals surface area contributed by atoms with Gasteiger partial charge >= 0.3 is 14.2 Å². The average molecular weight is 200 g/mol. The summed E-state index contributed by atoms with van der Waals surface area (Å²) in [7, 11) is -3.43. The maximum Gasteiger partial charge on any atom is 0.489 e. The molecule has 0 fully saturated rings. The summed E-state index contributed by atoms with van der Waals surface area (Å²) in [5.74, 6) is 0. The number of hydrogen-bond donors (Lipinski definition) is 4. The van der Waals surface area contributed by atoms with Gasteiger partial charge < -0.3 is 20.1 Å². The molecule has 0 saturated heterocycles. The van der Waals surface area contributed by atoms with Gasteiger partial charge in [0.15, 0.2) is 0 Å². The van der Waals surface area contributed by atoms with E-state index in [0.717, 1.165) is 0 Å². The molecule has 0 aliphatic heterocycles. The molecule has 0 bridgehead atoms. The van der Waals surface area contributed by atoms with E-state index in [0.29, 0.717) is 0 Å². The fraction of sp³-hybridized carbons (Fsp3) is 0. The summed E-state index contributed by atoms with van der Waals surface area (Å²) in [4.78, 5) is 0. The van der Waals surface area contributed by atoms with Gasteiger partial charge in [-0.05, 0) is 0 Å². The van der Waals surface area contributed by atoms with Crippen LogP contribution < -0.4 is 10.9 Å². The predicted octanol–water partition coefficient (Wildman–Crippen LogP) is -2.30. The second-order valence-electron chi connectivity index (χ2n) is 2.50. The summed E-state index contributed by atoms with van der Waals surface area (Å²) in [6.07, 6.45) is 0. The molecule has 1 aromatic carbocycles. The lowest BCUT2D eigenvalue weighted by atomic mass is 9.73. The summed E-state index contributed by atoms with van der Waals surface area (Å²) >= 11 is 5.66. The van der Waals surface area contributed by atoms with E-state index in [4.69, 9.17) is 31.7 Å². The molecule has 68 valence electrons. The zero-order valence-corrected chi connectivity index (χ0v) is 7.31. The molecule has 0 amide bonds. The zero-order chi connectivity index (χ0) is 10.0. The molecule has 0 atom stereocenters. The predicted molar refractivity (Wildman–Crippen MR) is 51.1 cm³/mol. The number of hydrogen-bond acceptors (Lipinski definition) is 4. The summed E-state index contributed by atoms with van der Waals surface area (Å²) in [5, 5.41) is 35.2. The maximum atomic E-state index is 8.82. The van der Waals surface area contributed by atoms with Gasteiger partial charge in [0, 0.05) is 15.9 Å². The lowest BCUT2D eigenvalue weighted by Crippen LogP contribution is -2.39. The van der Waals surface area contributed by atoms with Crippen LogP contribution in [0.15, 0.2) is 18.2 Å². The molecule has 7 heteroatoms. The van der Waals surface area contributed by atoms with E-state index in [2.05, 4.69) is 0 Å². The van der Waals surface area contributed by atoms with Gasteiger partial charge in [-0.1, -0.05) is 29.8 Å². The highest BCUT2D eigenvalue weighted by Crippen LogP contribution is 2.02. The van der Waals surface area contributed by atoms with Gasteiger partial charge in [-0.3, -0.25) is 0 Å². The fourth-order valence-corrected chi connectivity index (χ4v) is 1.29. The van der Waals surface area contributed by atoms with Crippen molar-refractivity contribution in [1.29, 1.82) is 0 Å². The van der Waals surface area contributed by atoms with Crippen LogP contribution in [0.2, 0.25) is 5.02 Å². The van der Waals surface area contributed by atoms with Crippen molar-refractivity contribution < 1.29 is 20.1 Å². The molecule has 4 N–H and O–H groups in total. The third-order valence-corrected chi connectivity index (χ3v) is 2.05. The van der Waals surface area contributed by atoms with Crippen LogP contribution in [-0.2, 0) is 0 Å². The van der Waals surface area contributed by atoms with Crippen LogP contribution in [0, 0.1) is 0 Å². The number of benzene rings is 1. The molecular formula is C6H7B2ClO4. The highest BCUT2D eigenvalue weighted by Gasteiger charge is 2.22. The Morgan fingerprint density at radius 1 is 0.923 bits per heavy atom. The van der Waals surface area contributed by atoms with Crippen LogP contribution in [0.1, 0.15) is 0 Å². The Morgan fingerprint density at radius 3 is 1.62 bits per heavy atom. The Labute approximate surface area is 80.7 Å². The van der Waals surface area contributed by atoms with Crippen LogP contribution in [0.5, 0.6) is 0 Å². The quantitative estimate of drug-likeness (QED) is 0.405. The molecule has 1 aromatic rings. The molecule has 0 heterocycles. The molecule has 0 radical (unpaired) electrons. The summed E-state index contributed by atoms with van der Waals surface area (Å²) in [6, 6.07) is 4.23. The molecule has 0 unspecified atom stereocenters. The normalized spacial score (nSPS) is 9.92. The van der Waals surface area contributed by atoms with E-state index >= 15 is 0 Å². The van der Waals surface area contributed by atoms with Crippen LogP contribution in [0.3, 0.4) is 0 Å². The lowest BCUT2D eigenvalue weighted by molar-refractivity contribution is 0.425. The SMILES string of the molecule is OB(O)c1cccc(B(O)O)c1Cl. The van der Waals surface area contributed by atoms with Gasteiger partial charge in [0.05, 0.1) is 0 Å². The first-order valence-electron chi connectivity index (χ1n) is 3.54. The van der Waals surface area contributed by atoms with Crippen molar-refractivity contribution in [3.8, 4) is 0 Å². The van der Waals surface area contributed by atoms with E-state index in [1.165, 1.54) is 18.2 Å². The van der Waals surface area contributed by atoms with Gasteiger partial charge in [-0.25, -0.2) is 0 Å². The van der Waals surface area contributed by atoms with Gasteiger partial charge in [-0.15, -0.1) is 0 Å². The molecule has 13 heavy (non-hydrogen) atoms. The Balaban J connectivity index is 3.18. The Bertz CT molecular complexity index is 278. The van der Waals surface area contributed by atoms with Gasteiger partial charge in [0.2, 0.25) is 0 Å². The van der Waals surface area contributed by atoms with E-state index in [1.54, 1.807) is 0 Å². The molecule has 0 saturated carbocycles. The third-order valence-electron chi connectivity index (χ3n) is 1.61. The minimum atomic E-state index is -1.72.